The fraction of sp³-hybridized carbons (Fsp3) is 0.100. The molecule has 12 heterocycles. The first-order valence-electron chi connectivity index (χ1n) is 24.7. The van der Waals surface area contributed by atoms with Gasteiger partial charge >= 0.3 is 0 Å². The van der Waals surface area contributed by atoms with Crippen molar-refractivity contribution in [3.63, 3.8) is 0 Å². The third-order valence-electron chi connectivity index (χ3n) is 13.3. The van der Waals surface area contributed by atoms with Crippen molar-refractivity contribution < 1.29 is 0 Å². The van der Waals surface area contributed by atoms with Crippen molar-refractivity contribution in [2.75, 3.05) is 0 Å². The van der Waals surface area contributed by atoms with Crippen LogP contribution in [0, 0.1) is 41.5 Å². The maximum atomic E-state index is 4.94. The first-order valence-corrected chi connectivity index (χ1v) is 29.6. The second-order valence-electron chi connectivity index (χ2n) is 18.3. The summed E-state index contributed by atoms with van der Waals surface area (Å²) in [7, 11) is 0. The largest absolute Gasteiger partial charge is 0.265 e. The van der Waals surface area contributed by atoms with Gasteiger partial charge in [0.2, 0.25) is 0 Å². The third-order valence-corrected chi connectivity index (χ3v) is 20.6. The van der Waals surface area contributed by atoms with Crippen LogP contribution in [0.1, 0.15) is 33.4 Å². The van der Waals surface area contributed by atoms with Crippen LogP contribution in [0.25, 0.3) is 125 Å². The van der Waals surface area contributed by atoms with Crippen LogP contribution < -0.4 is 0 Å². The highest BCUT2D eigenvalue weighted by atomic mass is 32.1. The molecule has 0 unspecified atom stereocenters. The number of pyridine rings is 6. The van der Waals surface area contributed by atoms with E-state index in [1.54, 1.807) is 92.8 Å². The van der Waals surface area contributed by atoms with Gasteiger partial charge in [-0.05, 0) is 142 Å². The summed E-state index contributed by atoms with van der Waals surface area (Å²) in [6.45, 7) is 12.8. The second kappa shape index (κ2) is 20.7. The highest BCUT2D eigenvalue weighted by Gasteiger charge is 2.22. The van der Waals surface area contributed by atoms with E-state index in [1.165, 1.54) is 56.0 Å². The Labute approximate surface area is 471 Å². The Bertz CT molecular complexity index is 3740. The summed E-state index contributed by atoms with van der Waals surface area (Å²) >= 11 is 10.2. The summed E-state index contributed by atoms with van der Waals surface area (Å²) < 4.78 is 7.24. The molecule has 0 atom stereocenters. The Kier molecular flexibility index (Phi) is 13.1. The summed E-state index contributed by atoms with van der Waals surface area (Å²) in [5.41, 5.74) is 19.3. The van der Waals surface area contributed by atoms with E-state index in [1.807, 2.05) is 122 Å². The Balaban J connectivity index is 0.000000111. The van der Waals surface area contributed by atoms with Gasteiger partial charge in [0.05, 0.1) is 84.1 Å². The van der Waals surface area contributed by atoms with E-state index in [0.29, 0.717) is 0 Å². The van der Waals surface area contributed by atoms with Crippen molar-refractivity contribution in [1.82, 2.24) is 59.8 Å². The number of rotatable bonds is 6. The van der Waals surface area contributed by atoms with E-state index in [4.69, 9.17) is 29.9 Å². The molecule has 0 fully saturated rings. The summed E-state index contributed by atoms with van der Waals surface area (Å²) in [4.78, 5) is 55.4. The Hall–Kier alpha value is -8.10. The lowest BCUT2D eigenvalue weighted by molar-refractivity contribution is 1.29. The molecule has 3 aromatic carbocycles. The Morgan fingerprint density at radius 3 is 0.756 bits per heavy atom. The van der Waals surface area contributed by atoms with Crippen LogP contribution in [0.15, 0.2) is 147 Å². The van der Waals surface area contributed by atoms with Crippen molar-refractivity contribution in [3.8, 4) is 63.9 Å². The molecule has 15 rings (SSSR count). The van der Waals surface area contributed by atoms with E-state index in [-0.39, 0.29) is 0 Å². The monoisotopic (exact) mass is 1120 g/mol. The predicted octanol–water partition coefficient (Wildman–Crippen LogP) is 16.9. The summed E-state index contributed by atoms with van der Waals surface area (Å²) in [5, 5.41) is 5.87. The highest BCUT2D eigenvalue weighted by Crippen LogP contribution is 2.45. The number of benzene rings is 3. The quantitative estimate of drug-likeness (QED) is 0.156. The molecule has 0 spiro atoms. The third kappa shape index (κ3) is 8.99. The van der Waals surface area contributed by atoms with Crippen molar-refractivity contribution in [2.24, 2.45) is 0 Å². The molecule has 0 aliphatic rings. The van der Waals surface area contributed by atoms with Gasteiger partial charge in [0.1, 0.15) is 30.0 Å². The fourth-order valence-electron chi connectivity index (χ4n) is 9.25. The molecule has 378 valence electrons. The number of thiazole rings is 6. The minimum Gasteiger partial charge on any atom is -0.265 e. The van der Waals surface area contributed by atoms with Gasteiger partial charge in [0.25, 0.3) is 0 Å². The zero-order chi connectivity index (χ0) is 53.0. The first kappa shape index (κ1) is 49.5. The summed E-state index contributed by atoms with van der Waals surface area (Å²) in [6, 6.07) is 31.7. The lowest BCUT2D eigenvalue weighted by Gasteiger charge is -2.00. The van der Waals surface area contributed by atoms with Crippen LogP contribution in [0.2, 0.25) is 0 Å². The molecule has 0 radical (unpaired) electrons. The molecule has 0 aliphatic heterocycles. The topological polar surface area (TPSA) is 155 Å². The van der Waals surface area contributed by atoms with E-state index in [2.05, 4.69) is 71.4 Å². The molecule has 0 saturated carbocycles. The second-order valence-corrected chi connectivity index (χ2v) is 24.3. The normalized spacial score (nSPS) is 11.5. The van der Waals surface area contributed by atoms with Crippen molar-refractivity contribution in [1.29, 1.82) is 0 Å². The van der Waals surface area contributed by atoms with Crippen LogP contribution in [0.3, 0.4) is 0 Å². The Morgan fingerprint density at radius 1 is 0.244 bits per heavy atom. The molecule has 78 heavy (non-hydrogen) atoms. The minimum atomic E-state index is 0.915. The lowest BCUT2D eigenvalue weighted by atomic mass is 10.1. The van der Waals surface area contributed by atoms with Gasteiger partial charge in [-0.3, -0.25) is 29.9 Å². The number of aromatic nitrogens is 12. The Morgan fingerprint density at radius 2 is 0.487 bits per heavy atom. The van der Waals surface area contributed by atoms with Crippen molar-refractivity contribution in [3.05, 3.63) is 180 Å². The summed E-state index contributed by atoms with van der Waals surface area (Å²) in [5.74, 6) is 0. The van der Waals surface area contributed by atoms with Gasteiger partial charge in [0.15, 0.2) is 0 Å². The van der Waals surface area contributed by atoms with Crippen molar-refractivity contribution in [2.45, 2.75) is 41.5 Å². The van der Waals surface area contributed by atoms with Gasteiger partial charge in [-0.2, -0.15) is 0 Å². The van der Waals surface area contributed by atoms with E-state index >= 15 is 0 Å². The predicted molar refractivity (Wildman–Crippen MR) is 326 cm³/mol. The average molecular weight is 1120 g/mol. The first-order chi connectivity index (χ1) is 38.2. The SMILES string of the molecule is Cc1c2nc(-c3ccccn3)sc2c(C)c2nc(-c3ccccn3)sc12.Cc1c2nc(-c3ccccn3)sc2c(C)c2sc(-c3ccccn3)nc12.Cc1c2nc(-c3ccncc3)sc2c(C)c2nc(-c3ccncc3)sc12. The summed E-state index contributed by atoms with van der Waals surface area (Å²) in [6.07, 6.45) is 14.5. The molecular formula is C60H42N12S6. The zero-order valence-electron chi connectivity index (χ0n) is 42.7. The molecule has 15 aromatic rings. The molecule has 0 N–H and O–H groups in total. The number of hydrogen-bond donors (Lipinski definition) is 0. The standard InChI is InChI=1S/3C20H14N4S2/c1-11-15-18(26-19(23-15)13-3-7-21-8-4-13)12(2)16-17(11)25-20(24-16)14-5-9-22-10-6-14;1-11-15-18(26-19(23-15)13-7-3-5-9-21-13)12(2)16-17(11)25-20(24-16)14-8-4-6-10-22-14;1-11-15-17(25-19(23-15)13-7-3-5-9-21-13)12(2)18-16(11)24-20(26-18)14-8-4-6-10-22-14/h3*3-10H,1-2H3. The molecule has 0 saturated heterocycles. The number of hydrogen-bond acceptors (Lipinski definition) is 18. The number of nitrogens with zero attached hydrogens (tertiary/aromatic N) is 12. The molecule has 0 bridgehead atoms. The smallest absolute Gasteiger partial charge is 0.143 e. The van der Waals surface area contributed by atoms with Gasteiger partial charge in [-0.15, -0.1) is 68.0 Å². The zero-order valence-corrected chi connectivity index (χ0v) is 47.6. The van der Waals surface area contributed by atoms with Gasteiger partial charge in [0, 0.05) is 66.3 Å². The van der Waals surface area contributed by atoms with E-state index in [0.717, 1.165) is 103 Å². The molecule has 12 aromatic heterocycles. The fourth-order valence-corrected chi connectivity index (χ4v) is 16.0. The minimum absolute atomic E-state index is 0.915. The maximum Gasteiger partial charge on any atom is 0.143 e. The van der Waals surface area contributed by atoms with Crippen LogP contribution >= 0.6 is 68.0 Å². The van der Waals surface area contributed by atoms with E-state index in [9.17, 15) is 0 Å². The molecule has 0 aliphatic carbocycles. The lowest BCUT2D eigenvalue weighted by Crippen LogP contribution is -1.85. The maximum absolute atomic E-state index is 4.94. The molecular weight excluding hydrogens is 1080 g/mol. The number of aryl methyl sites for hydroxylation is 6. The van der Waals surface area contributed by atoms with Gasteiger partial charge < -0.3 is 0 Å². The van der Waals surface area contributed by atoms with Gasteiger partial charge in [-0.25, -0.2) is 29.9 Å². The van der Waals surface area contributed by atoms with Crippen molar-refractivity contribution >= 4 is 129 Å². The van der Waals surface area contributed by atoms with E-state index < -0.39 is 0 Å². The number of fused-ring (bicyclic) bond motifs is 6. The van der Waals surface area contributed by atoms with Crippen LogP contribution in [-0.4, -0.2) is 59.8 Å². The molecule has 12 nitrogen and oxygen atoms in total. The van der Waals surface area contributed by atoms with Gasteiger partial charge in [-0.1, -0.05) is 24.3 Å². The molecule has 0 amide bonds. The van der Waals surface area contributed by atoms with Crippen LogP contribution in [0.4, 0.5) is 0 Å². The average Bonchev–Trinajstić information content (AvgIpc) is 4.54. The van der Waals surface area contributed by atoms with Crippen LogP contribution in [0.5, 0.6) is 0 Å². The molecule has 18 heteroatoms. The highest BCUT2D eigenvalue weighted by molar-refractivity contribution is 7.25. The van der Waals surface area contributed by atoms with Crippen LogP contribution in [-0.2, 0) is 0 Å².